The quantitative estimate of drug-likeness (QED) is 0.687. The zero-order valence-corrected chi connectivity index (χ0v) is 13.2. The lowest BCUT2D eigenvalue weighted by Crippen LogP contribution is -2.29. The van der Waals surface area contributed by atoms with Gasteiger partial charge in [-0.3, -0.25) is 4.79 Å². The van der Waals surface area contributed by atoms with E-state index in [1.54, 1.807) is 36.2 Å². The first-order chi connectivity index (χ1) is 10.6. The van der Waals surface area contributed by atoms with E-state index in [-0.39, 0.29) is 11.9 Å². The average molecular weight is 314 g/mol. The molecule has 0 fully saturated rings. The van der Waals surface area contributed by atoms with Crippen LogP contribution in [0.1, 0.15) is 29.1 Å². The third-order valence-corrected chi connectivity index (χ3v) is 4.10. The normalized spacial score (nSPS) is 12.3. The van der Waals surface area contributed by atoms with E-state index in [0.717, 1.165) is 16.7 Å². The molecule has 0 saturated heterocycles. The largest absolute Gasteiger partial charge is 0.459 e. The summed E-state index contributed by atoms with van der Waals surface area (Å²) < 4.78 is 5.84. The highest BCUT2D eigenvalue weighted by atomic mass is 35.5. The number of carbonyl (C=O) groups is 1. The Kier molecular flexibility index (Phi) is 3.90. The highest BCUT2D eigenvalue weighted by Gasteiger charge is 2.21. The van der Waals surface area contributed by atoms with Gasteiger partial charge in [0.1, 0.15) is 11.3 Å². The van der Waals surface area contributed by atoms with Crippen LogP contribution in [-0.4, -0.2) is 17.9 Å². The number of para-hydroxylation sites is 1. The lowest BCUT2D eigenvalue weighted by atomic mass is 10.1. The zero-order valence-electron chi connectivity index (χ0n) is 12.4. The summed E-state index contributed by atoms with van der Waals surface area (Å²) in [7, 11) is 1.77. The summed E-state index contributed by atoms with van der Waals surface area (Å²) in [5.41, 5.74) is 1.44. The molecule has 22 heavy (non-hydrogen) atoms. The van der Waals surface area contributed by atoms with Crippen LogP contribution < -0.4 is 0 Å². The second-order valence-corrected chi connectivity index (χ2v) is 5.72. The van der Waals surface area contributed by atoms with Gasteiger partial charge in [-0.05, 0) is 43.3 Å². The van der Waals surface area contributed by atoms with E-state index < -0.39 is 0 Å². The maximum Gasteiger partial charge on any atom is 0.254 e. The predicted molar refractivity (Wildman–Crippen MR) is 88.2 cm³/mol. The van der Waals surface area contributed by atoms with Gasteiger partial charge in [0.25, 0.3) is 5.91 Å². The molecule has 3 nitrogen and oxygen atoms in total. The molecule has 1 atom stereocenters. The monoisotopic (exact) mass is 313 g/mol. The van der Waals surface area contributed by atoms with Crippen molar-refractivity contribution in [2.45, 2.75) is 13.0 Å². The molecule has 1 unspecified atom stereocenters. The van der Waals surface area contributed by atoms with Crippen LogP contribution in [-0.2, 0) is 0 Å². The van der Waals surface area contributed by atoms with Crippen LogP contribution in [0.3, 0.4) is 0 Å². The average Bonchev–Trinajstić information content (AvgIpc) is 2.97. The first-order valence-electron chi connectivity index (χ1n) is 7.07. The van der Waals surface area contributed by atoms with Gasteiger partial charge in [-0.1, -0.05) is 29.8 Å². The van der Waals surface area contributed by atoms with Crippen LogP contribution in [0.25, 0.3) is 11.0 Å². The van der Waals surface area contributed by atoms with Crippen molar-refractivity contribution < 1.29 is 9.21 Å². The Hall–Kier alpha value is -2.26. The number of carbonyl (C=O) groups excluding carboxylic acids is 1. The molecule has 0 bridgehead atoms. The van der Waals surface area contributed by atoms with Crippen LogP contribution in [0, 0.1) is 0 Å². The van der Waals surface area contributed by atoms with Gasteiger partial charge < -0.3 is 9.32 Å². The van der Waals surface area contributed by atoms with Crippen molar-refractivity contribution in [3.05, 3.63) is 70.9 Å². The van der Waals surface area contributed by atoms with Gasteiger partial charge in [0.2, 0.25) is 0 Å². The van der Waals surface area contributed by atoms with Gasteiger partial charge in [-0.25, -0.2) is 0 Å². The fraction of sp³-hybridized carbons (Fsp3) is 0.167. The summed E-state index contributed by atoms with van der Waals surface area (Å²) >= 11 is 5.86. The number of furan rings is 1. The molecule has 0 saturated carbocycles. The Balaban J connectivity index is 1.85. The summed E-state index contributed by atoms with van der Waals surface area (Å²) in [6.07, 6.45) is 0. The number of benzene rings is 2. The smallest absolute Gasteiger partial charge is 0.254 e. The fourth-order valence-corrected chi connectivity index (χ4v) is 2.50. The molecule has 0 aliphatic heterocycles. The molecule has 0 N–H and O–H groups in total. The van der Waals surface area contributed by atoms with Crippen molar-refractivity contribution in [1.82, 2.24) is 4.90 Å². The SMILES string of the molecule is CC(c1cc2ccccc2o1)N(C)C(=O)c1ccc(Cl)cc1. The van der Waals surface area contributed by atoms with Gasteiger partial charge in [-0.2, -0.15) is 0 Å². The Morgan fingerprint density at radius 1 is 1.14 bits per heavy atom. The fourth-order valence-electron chi connectivity index (χ4n) is 2.37. The Bertz CT molecular complexity index is 774. The minimum atomic E-state index is -0.157. The molecule has 0 spiro atoms. The molecule has 0 aliphatic carbocycles. The minimum absolute atomic E-state index is 0.0652. The topological polar surface area (TPSA) is 33.5 Å². The standard InChI is InChI=1S/C18H16ClNO2/c1-12(17-11-14-5-3-4-6-16(14)22-17)20(2)18(21)13-7-9-15(19)10-8-13/h3-12H,1-2H3. The van der Waals surface area contributed by atoms with Gasteiger partial charge in [0, 0.05) is 23.0 Å². The highest BCUT2D eigenvalue weighted by molar-refractivity contribution is 6.30. The molecule has 1 heterocycles. The molecular formula is C18H16ClNO2. The van der Waals surface area contributed by atoms with Crippen LogP contribution in [0.5, 0.6) is 0 Å². The second kappa shape index (κ2) is 5.85. The summed E-state index contributed by atoms with van der Waals surface area (Å²) in [4.78, 5) is 14.2. The van der Waals surface area contributed by atoms with E-state index in [0.29, 0.717) is 10.6 Å². The number of hydrogen-bond donors (Lipinski definition) is 0. The van der Waals surface area contributed by atoms with Gasteiger partial charge >= 0.3 is 0 Å². The van der Waals surface area contributed by atoms with E-state index in [4.69, 9.17) is 16.0 Å². The maximum atomic E-state index is 12.5. The van der Waals surface area contributed by atoms with Crippen LogP contribution in [0.4, 0.5) is 0 Å². The molecule has 1 aromatic heterocycles. The molecular weight excluding hydrogens is 298 g/mol. The van der Waals surface area contributed by atoms with E-state index in [1.165, 1.54) is 0 Å². The molecule has 1 amide bonds. The number of fused-ring (bicyclic) bond motifs is 1. The minimum Gasteiger partial charge on any atom is -0.459 e. The second-order valence-electron chi connectivity index (χ2n) is 5.29. The van der Waals surface area contributed by atoms with Crippen molar-refractivity contribution in [2.24, 2.45) is 0 Å². The molecule has 2 aromatic carbocycles. The lowest BCUT2D eigenvalue weighted by Gasteiger charge is -2.23. The molecule has 0 radical (unpaired) electrons. The summed E-state index contributed by atoms with van der Waals surface area (Å²) in [5.74, 6) is 0.704. The first-order valence-corrected chi connectivity index (χ1v) is 7.45. The van der Waals surface area contributed by atoms with E-state index in [9.17, 15) is 4.79 Å². The number of halogens is 1. The van der Waals surface area contributed by atoms with Crippen molar-refractivity contribution >= 4 is 28.5 Å². The van der Waals surface area contributed by atoms with Crippen molar-refractivity contribution in [3.8, 4) is 0 Å². The van der Waals surface area contributed by atoms with Crippen molar-refractivity contribution in [2.75, 3.05) is 7.05 Å². The summed E-state index contributed by atoms with van der Waals surface area (Å²) in [6, 6.07) is 16.5. The first kappa shape index (κ1) is 14.7. The van der Waals surface area contributed by atoms with Crippen molar-refractivity contribution in [3.63, 3.8) is 0 Å². The summed E-state index contributed by atoms with van der Waals surface area (Å²) in [5, 5.41) is 1.65. The Morgan fingerprint density at radius 2 is 1.82 bits per heavy atom. The van der Waals surface area contributed by atoms with Crippen LogP contribution in [0.2, 0.25) is 5.02 Å². The third-order valence-electron chi connectivity index (χ3n) is 3.85. The van der Waals surface area contributed by atoms with Gasteiger partial charge in [0.15, 0.2) is 0 Å². The lowest BCUT2D eigenvalue weighted by molar-refractivity contribution is 0.0727. The molecule has 112 valence electrons. The Morgan fingerprint density at radius 3 is 2.50 bits per heavy atom. The zero-order chi connectivity index (χ0) is 15.7. The number of nitrogens with zero attached hydrogens (tertiary/aromatic N) is 1. The summed E-state index contributed by atoms with van der Waals surface area (Å²) in [6.45, 7) is 1.95. The molecule has 3 rings (SSSR count). The number of amides is 1. The van der Waals surface area contributed by atoms with Crippen LogP contribution in [0.15, 0.2) is 59.0 Å². The Labute approximate surface area is 134 Å². The number of rotatable bonds is 3. The number of hydrogen-bond acceptors (Lipinski definition) is 2. The molecule has 4 heteroatoms. The van der Waals surface area contributed by atoms with E-state index in [1.807, 2.05) is 37.3 Å². The van der Waals surface area contributed by atoms with E-state index >= 15 is 0 Å². The molecule has 3 aromatic rings. The van der Waals surface area contributed by atoms with E-state index in [2.05, 4.69) is 0 Å². The third kappa shape index (κ3) is 2.72. The molecule has 0 aliphatic rings. The van der Waals surface area contributed by atoms with Crippen LogP contribution >= 0.6 is 11.6 Å². The van der Waals surface area contributed by atoms with Gasteiger partial charge in [-0.15, -0.1) is 0 Å². The van der Waals surface area contributed by atoms with Crippen molar-refractivity contribution in [1.29, 1.82) is 0 Å². The van der Waals surface area contributed by atoms with Gasteiger partial charge in [0.05, 0.1) is 6.04 Å². The highest BCUT2D eigenvalue weighted by Crippen LogP contribution is 2.27. The predicted octanol–water partition coefficient (Wildman–Crippen LogP) is 4.92. The maximum absolute atomic E-state index is 12.5.